The average Bonchev–Trinajstić information content (AvgIpc) is 3.40. The van der Waals surface area contributed by atoms with Gasteiger partial charge in [0.1, 0.15) is 0 Å². The number of hydrogen-bond acceptors (Lipinski definition) is 4. The maximum Gasteiger partial charge on any atom is 0.417 e. The van der Waals surface area contributed by atoms with Crippen LogP contribution in [0.1, 0.15) is 27.4 Å². The molecule has 0 bridgehead atoms. The molecule has 1 amide bonds. The molecule has 186 valence electrons. The quantitative estimate of drug-likeness (QED) is 0.516. The molecule has 0 radical (unpaired) electrons. The minimum absolute atomic E-state index is 0.000515. The van der Waals surface area contributed by atoms with Crippen LogP contribution in [0.2, 0.25) is 10.0 Å². The van der Waals surface area contributed by atoms with Crippen LogP contribution in [0.25, 0.3) is 0 Å². The standard InChI is InChI=1S/C22H19Cl2F3N4O3S/c1-30-11-19(28-12-30)35(33,34)31-9-16(13-4-2-5-14(23)8-13)18(10-31)29-21(32)15-6-3-7-17(20(15)24)22(25,26)27/h2-8,11-12,16,18H,9-10H2,1H3,(H,29,32)/t16-,18+/m1/s1. The molecule has 35 heavy (non-hydrogen) atoms. The third kappa shape index (κ3) is 5.18. The Kier molecular flexibility index (Phi) is 6.89. The number of benzene rings is 2. The van der Waals surface area contributed by atoms with Crippen molar-refractivity contribution in [3.05, 3.63) is 81.7 Å². The first-order valence-electron chi connectivity index (χ1n) is 10.3. The molecule has 2 atom stereocenters. The van der Waals surface area contributed by atoms with Crippen LogP contribution in [0.15, 0.2) is 60.0 Å². The fourth-order valence-electron chi connectivity index (χ4n) is 4.01. The number of imidazole rings is 1. The number of sulfonamides is 1. The molecule has 1 aliphatic rings. The smallest absolute Gasteiger partial charge is 0.347 e. The molecule has 1 fully saturated rings. The second-order valence-corrected chi connectivity index (χ2v) is 10.8. The number of nitrogens with one attached hydrogen (secondary N) is 1. The second kappa shape index (κ2) is 9.45. The van der Waals surface area contributed by atoms with E-state index in [0.29, 0.717) is 10.6 Å². The van der Waals surface area contributed by atoms with E-state index in [9.17, 15) is 26.4 Å². The number of amides is 1. The molecule has 0 aliphatic carbocycles. The van der Waals surface area contributed by atoms with Crippen molar-refractivity contribution in [2.75, 3.05) is 13.1 Å². The molecular weight excluding hydrogens is 528 g/mol. The third-order valence-corrected chi connectivity index (χ3v) is 8.07. The summed E-state index contributed by atoms with van der Waals surface area (Å²) >= 11 is 12.0. The SMILES string of the molecule is Cn1cnc(S(=O)(=O)N2C[C@H](NC(=O)c3cccc(C(F)(F)F)c3Cl)[C@@H](c3cccc(Cl)c3)C2)c1. The minimum Gasteiger partial charge on any atom is -0.347 e. The number of halogens is 5. The molecule has 0 unspecified atom stereocenters. The van der Waals surface area contributed by atoms with E-state index in [0.717, 1.165) is 12.1 Å². The van der Waals surface area contributed by atoms with Crippen LogP contribution in [0.3, 0.4) is 0 Å². The van der Waals surface area contributed by atoms with Gasteiger partial charge in [-0.2, -0.15) is 17.5 Å². The third-order valence-electron chi connectivity index (χ3n) is 5.71. The number of aryl methyl sites for hydroxylation is 1. The lowest BCUT2D eigenvalue weighted by Gasteiger charge is -2.21. The first kappa shape index (κ1) is 25.5. The van der Waals surface area contributed by atoms with Crippen molar-refractivity contribution in [1.29, 1.82) is 0 Å². The summed E-state index contributed by atoms with van der Waals surface area (Å²) in [5.41, 5.74) is -0.835. The van der Waals surface area contributed by atoms with Crippen molar-refractivity contribution in [2.24, 2.45) is 7.05 Å². The van der Waals surface area contributed by atoms with Gasteiger partial charge in [0.25, 0.3) is 15.9 Å². The molecule has 1 saturated heterocycles. The summed E-state index contributed by atoms with van der Waals surface area (Å²) < 4.78 is 68.8. The zero-order valence-corrected chi connectivity index (χ0v) is 20.5. The number of hydrogen-bond donors (Lipinski definition) is 1. The highest BCUT2D eigenvalue weighted by atomic mass is 35.5. The number of aromatic nitrogens is 2. The number of carbonyl (C=O) groups is 1. The topological polar surface area (TPSA) is 84.3 Å². The summed E-state index contributed by atoms with van der Waals surface area (Å²) in [5.74, 6) is -1.38. The summed E-state index contributed by atoms with van der Waals surface area (Å²) in [7, 11) is -2.36. The van der Waals surface area contributed by atoms with Gasteiger partial charge in [-0.05, 0) is 29.8 Å². The lowest BCUT2D eigenvalue weighted by atomic mass is 9.94. The lowest BCUT2D eigenvalue weighted by Crippen LogP contribution is -2.40. The van der Waals surface area contributed by atoms with Gasteiger partial charge in [-0.1, -0.05) is 41.4 Å². The van der Waals surface area contributed by atoms with E-state index in [1.54, 1.807) is 31.3 Å². The molecule has 0 spiro atoms. The van der Waals surface area contributed by atoms with Crippen molar-refractivity contribution in [2.45, 2.75) is 23.2 Å². The summed E-state index contributed by atoms with van der Waals surface area (Å²) in [6.07, 6.45) is -2.03. The Morgan fingerprint density at radius 1 is 1.14 bits per heavy atom. The van der Waals surface area contributed by atoms with E-state index in [1.165, 1.54) is 27.5 Å². The Bertz CT molecular complexity index is 1380. The Morgan fingerprint density at radius 3 is 2.49 bits per heavy atom. The summed E-state index contributed by atoms with van der Waals surface area (Å²) in [4.78, 5) is 16.9. The number of rotatable bonds is 5. The Balaban J connectivity index is 1.67. The largest absolute Gasteiger partial charge is 0.417 e. The summed E-state index contributed by atoms with van der Waals surface area (Å²) in [6, 6.07) is 9.01. The highest BCUT2D eigenvalue weighted by Gasteiger charge is 2.42. The van der Waals surface area contributed by atoms with Gasteiger partial charge in [-0.15, -0.1) is 0 Å². The fraction of sp³-hybridized carbons (Fsp3) is 0.273. The zero-order valence-electron chi connectivity index (χ0n) is 18.1. The maximum atomic E-state index is 13.3. The minimum atomic E-state index is -4.74. The van der Waals surface area contributed by atoms with Crippen LogP contribution in [0, 0.1) is 0 Å². The van der Waals surface area contributed by atoms with E-state index in [-0.39, 0.29) is 23.7 Å². The number of nitrogens with zero attached hydrogens (tertiary/aromatic N) is 3. The molecular formula is C22H19Cl2F3N4O3S. The molecule has 2 heterocycles. The molecule has 13 heteroatoms. The Labute approximate surface area is 209 Å². The molecule has 1 aliphatic heterocycles. The Morgan fingerprint density at radius 2 is 1.86 bits per heavy atom. The first-order valence-corrected chi connectivity index (χ1v) is 12.5. The van der Waals surface area contributed by atoms with E-state index >= 15 is 0 Å². The number of alkyl halides is 3. The van der Waals surface area contributed by atoms with Crippen LogP contribution in [0.5, 0.6) is 0 Å². The van der Waals surface area contributed by atoms with Crippen LogP contribution in [0.4, 0.5) is 13.2 Å². The predicted molar refractivity (Wildman–Crippen MR) is 124 cm³/mol. The number of carbonyl (C=O) groups excluding carboxylic acids is 1. The molecule has 3 aromatic rings. The molecule has 1 aromatic heterocycles. The van der Waals surface area contributed by atoms with Gasteiger partial charge in [0, 0.05) is 37.3 Å². The molecule has 2 aromatic carbocycles. The lowest BCUT2D eigenvalue weighted by molar-refractivity contribution is -0.137. The molecule has 4 rings (SSSR count). The highest BCUT2D eigenvalue weighted by Crippen LogP contribution is 2.37. The van der Waals surface area contributed by atoms with Gasteiger partial charge < -0.3 is 9.88 Å². The summed E-state index contributed by atoms with van der Waals surface area (Å²) in [6.45, 7) is -0.126. The Hall–Kier alpha value is -2.60. The average molecular weight is 547 g/mol. The predicted octanol–water partition coefficient (Wildman–Crippen LogP) is 4.33. The first-order chi connectivity index (χ1) is 16.4. The highest BCUT2D eigenvalue weighted by molar-refractivity contribution is 7.89. The van der Waals surface area contributed by atoms with Gasteiger partial charge in [-0.25, -0.2) is 13.4 Å². The van der Waals surface area contributed by atoms with E-state index in [4.69, 9.17) is 23.2 Å². The van der Waals surface area contributed by atoms with Crippen LogP contribution in [-0.4, -0.2) is 47.3 Å². The van der Waals surface area contributed by atoms with Crippen LogP contribution < -0.4 is 5.32 Å². The van der Waals surface area contributed by atoms with E-state index in [2.05, 4.69) is 10.3 Å². The fourth-order valence-corrected chi connectivity index (χ4v) is 5.99. The monoisotopic (exact) mass is 546 g/mol. The van der Waals surface area contributed by atoms with E-state index < -0.39 is 44.7 Å². The van der Waals surface area contributed by atoms with Crippen LogP contribution >= 0.6 is 23.2 Å². The van der Waals surface area contributed by atoms with Gasteiger partial charge in [0.2, 0.25) is 0 Å². The normalized spacial score (nSPS) is 19.1. The molecule has 7 nitrogen and oxygen atoms in total. The van der Waals surface area contributed by atoms with Crippen molar-refractivity contribution in [3.8, 4) is 0 Å². The van der Waals surface area contributed by atoms with Crippen molar-refractivity contribution >= 4 is 39.1 Å². The van der Waals surface area contributed by atoms with Crippen LogP contribution in [-0.2, 0) is 23.2 Å². The van der Waals surface area contributed by atoms with Crippen molar-refractivity contribution in [3.63, 3.8) is 0 Å². The molecule has 1 N–H and O–H groups in total. The summed E-state index contributed by atoms with van der Waals surface area (Å²) in [5, 5.41) is 2.21. The van der Waals surface area contributed by atoms with Crippen molar-refractivity contribution in [1.82, 2.24) is 19.2 Å². The van der Waals surface area contributed by atoms with Crippen molar-refractivity contribution < 1.29 is 26.4 Å². The zero-order chi connectivity index (χ0) is 25.5. The second-order valence-electron chi connectivity index (χ2n) is 8.11. The maximum absolute atomic E-state index is 13.3. The van der Waals surface area contributed by atoms with Gasteiger partial charge in [0.15, 0.2) is 5.03 Å². The van der Waals surface area contributed by atoms with Gasteiger partial charge >= 0.3 is 6.18 Å². The van der Waals surface area contributed by atoms with Gasteiger partial charge in [-0.3, -0.25) is 4.79 Å². The van der Waals surface area contributed by atoms with E-state index in [1.807, 2.05) is 0 Å². The van der Waals surface area contributed by atoms with Gasteiger partial charge in [0.05, 0.1) is 28.5 Å². The molecule has 0 saturated carbocycles.